The second-order valence-corrected chi connectivity index (χ2v) is 3.35. The van der Waals surface area contributed by atoms with Crippen molar-refractivity contribution in [2.45, 2.75) is 6.18 Å². The first-order valence-corrected chi connectivity index (χ1v) is 4.51. The van der Waals surface area contributed by atoms with Crippen molar-refractivity contribution in [2.75, 3.05) is 0 Å². The smallest absolute Gasteiger partial charge is 0.416 e. The quantitative estimate of drug-likeness (QED) is 0.876. The number of carbonyl (C=O) groups is 2. The van der Waals surface area contributed by atoms with Crippen LogP contribution in [0.15, 0.2) is 24.8 Å². The maximum Gasteiger partial charge on any atom is 0.416 e. The second-order valence-electron chi connectivity index (χ2n) is 3.35. The minimum absolute atomic E-state index is 0.444. The third-order valence-corrected chi connectivity index (χ3v) is 2.16. The maximum atomic E-state index is 12.5. The van der Waals surface area contributed by atoms with Crippen LogP contribution in [0.1, 0.15) is 26.3 Å². The number of allylic oxidation sites excluding steroid dienone is 1. The summed E-state index contributed by atoms with van der Waals surface area (Å²) < 4.78 is 37.4. The molecule has 0 aliphatic heterocycles. The average molecular weight is 260 g/mol. The molecule has 4 nitrogen and oxygen atoms in total. The third-order valence-electron chi connectivity index (χ3n) is 2.16. The molecule has 1 aromatic carbocycles. The minimum Gasteiger partial charge on any atom is -0.478 e. The summed E-state index contributed by atoms with van der Waals surface area (Å²) in [6.07, 6.45) is -4.83. The molecule has 0 fully saturated rings. The summed E-state index contributed by atoms with van der Waals surface area (Å²) >= 11 is 0. The van der Waals surface area contributed by atoms with Crippen LogP contribution in [0.5, 0.6) is 0 Å². The lowest BCUT2D eigenvalue weighted by Gasteiger charge is -2.13. The Morgan fingerprint density at radius 3 is 2.00 bits per heavy atom. The van der Waals surface area contributed by atoms with E-state index in [1.54, 1.807) is 0 Å². The van der Waals surface area contributed by atoms with Gasteiger partial charge in [0.1, 0.15) is 0 Å². The lowest BCUT2D eigenvalue weighted by Crippen LogP contribution is -2.14. The topological polar surface area (TPSA) is 74.6 Å². The predicted octanol–water partition coefficient (Wildman–Crippen LogP) is 2.66. The van der Waals surface area contributed by atoms with Crippen molar-refractivity contribution in [2.24, 2.45) is 0 Å². The highest BCUT2D eigenvalue weighted by Crippen LogP contribution is 2.34. The average Bonchev–Trinajstić information content (AvgIpc) is 2.25. The molecule has 0 aliphatic rings. The van der Waals surface area contributed by atoms with Crippen molar-refractivity contribution in [3.63, 3.8) is 0 Å². The van der Waals surface area contributed by atoms with E-state index < -0.39 is 40.4 Å². The molecule has 0 unspecified atom stereocenters. The number of alkyl halides is 3. The molecule has 18 heavy (non-hydrogen) atoms. The fourth-order valence-electron chi connectivity index (χ4n) is 1.27. The van der Waals surface area contributed by atoms with Gasteiger partial charge in [0.15, 0.2) is 0 Å². The Balaban J connectivity index is 3.46. The Bertz CT molecular complexity index is 532. The normalized spacial score (nSPS) is 11.1. The third kappa shape index (κ3) is 2.68. The summed E-state index contributed by atoms with van der Waals surface area (Å²) in [4.78, 5) is 21.4. The molecule has 0 amide bonds. The molecule has 7 heteroatoms. The molecule has 2 N–H and O–H groups in total. The number of hydrogen-bond acceptors (Lipinski definition) is 2. The van der Waals surface area contributed by atoms with Crippen molar-refractivity contribution in [3.8, 4) is 0 Å². The first-order valence-electron chi connectivity index (χ1n) is 4.51. The number of hydrogen-bond donors (Lipinski definition) is 2. The van der Waals surface area contributed by atoms with Crippen molar-refractivity contribution in [3.05, 3.63) is 41.5 Å². The molecule has 1 rings (SSSR count). The van der Waals surface area contributed by atoms with Gasteiger partial charge in [-0.15, -0.1) is 0 Å². The fourth-order valence-corrected chi connectivity index (χ4v) is 1.27. The summed E-state index contributed by atoms with van der Waals surface area (Å²) in [5.74, 6) is -3.05. The summed E-state index contributed by atoms with van der Waals surface area (Å²) in [5.41, 5.74) is -3.25. The van der Waals surface area contributed by atoms with Crippen LogP contribution in [0.3, 0.4) is 0 Å². The second kappa shape index (κ2) is 4.52. The Labute approximate surface area is 99.0 Å². The fraction of sp³-hybridized carbons (Fsp3) is 0.0909. The molecule has 96 valence electrons. The van der Waals surface area contributed by atoms with E-state index in [0.717, 1.165) is 12.1 Å². The zero-order valence-electron chi connectivity index (χ0n) is 8.78. The van der Waals surface area contributed by atoms with E-state index in [-0.39, 0.29) is 0 Å². The Morgan fingerprint density at radius 2 is 1.61 bits per heavy atom. The first-order chi connectivity index (χ1) is 8.14. The lowest BCUT2D eigenvalue weighted by atomic mass is 9.98. The molecular formula is C11H7F3O4. The molecular weight excluding hydrogens is 253 g/mol. The highest BCUT2D eigenvalue weighted by molar-refractivity contribution is 5.97. The minimum atomic E-state index is -4.83. The standard InChI is InChI=1S/C11H7F3O4/c1-5(11(12,13)14)8-4-6(9(15)16)2-3-7(8)10(17)18/h2-4H,1H2,(H,15,16)(H,17,18). The number of rotatable bonds is 3. The van der Waals surface area contributed by atoms with Gasteiger partial charge in [-0.2, -0.15) is 13.2 Å². The van der Waals surface area contributed by atoms with Crippen molar-refractivity contribution >= 4 is 17.5 Å². The number of carboxylic acids is 2. The van der Waals surface area contributed by atoms with Gasteiger partial charge < -0.3 is 10.2 Å². The molecule has 0 saturated carbocycles. The molecule has 0 heterocycles. The van der Waals surface area contributed by atoms with Crippen LogP contribution >= 0.6 is 0 Å². The Kier molecular flexibility index (Phi) is 3.45. The number of aromatic carboxylic acids is 2. The summed E-state index contributed by atoms with van der Waals surface area (Å²) in [7, 11) is 0. The van der Waals surface area contributed by atoms with Gasteiger partial charge in [0.25, 0.3) is 0 Å². The molecule has 0 aliphatic carbocycles. The van der Waals surface area contributed by atoms with Crippen molar-refractivity contribution < 1.29 is 33.0 Å². The number of carboxylic acid groups (broad SMARTS) is 2. The molecule has 0 radical (unpaired) electrons. The monoisotopic (exact) mass is 260 g/mol. The van der Waals surface area contributed by atoms with Gasteiger partial charge in [-0.05, 0) is 18.2 Å². The van der Waals surface area contributed by atoms with Gasteiger partial charge in [-0.25, -0.2) is 9.59 Å². The molecule has 0 spiro atoms. The van der Waals surface area contributed by atoms with E-state index in [0.29, 0.717) is 6.07 Å². The Hall–Kier alpha value is -2.31. The SMILES string of the molecule is C=C(c1cc(C(=O)O)ccc1C(=O)O)C(F)(F)F. The summed E-state index contributed by atoms with van der Waals surface area (Å²) in [5, 5.41) is 17.4. The van der Waals surface area contributed by atoms with Gasteiger partial charge in [0.2, 0.25) is 0 Å². The molecule has 0 bridgehead atoms. The van der Waals surface area contributed by atoms with Gasteiger partial charge in [0, 0.05) is 5.56 Å². The van der Waals surface area contributed by atoms with Crippen LogP contribution < -0.4 is 0 Å². The van der Waals surface area contributed by atoms with E-state index in [4.69, 9.17) is 10.2 Å². The van der Waals surface area contributed by atoms with E-state index in [2.05, 4.69) is 6.58 Å². The summed E-state index contributed by atoms with van der Waals surface area (Å²) in [6, 6.07) is 2.36. The zero-order valence-corrected chi connectivity index (χ0v) is 8.78. The molecule has 0 aromatic heterocycles. The van der Waals surface area contributed by atoms with Crippen LogP contribution in [0.4, 0.5) is 13.2 Å². The van der Waals surface area contributed by atoms with E-state index in [1.807, 2.05) is 0 Å². The van der Waals surface area contributed by atoms with Crippen LogP contribution in [0.25, 0.3) is 5.57 Å². The maximum absolute atomic E-state index is 12.5. The van der Waals surface area contributed by atoms with E-state index in [9.17, 15) is 22.8 Å². The largest absolute Gasteiger partial charge is 0.478 e. The van der Waals surface area contributed by atoms with Crippen molar-refractivity contribution in [1.29, 1.82) is 0 Å². The van der Waals surface area contributed by atoms with E-state index in [1.165, 1.54) is 0 Å². The molecule has 0 atom stereocenters. The van der Waals surface area contributed by atoms with Crippen LogP contribution in [-0.4, -0.2) is 28.3 Å². The number of benzene rings is 1. The van der Waals surface area contributed by atoms with Crippen LogP contribution in [0, 0.1) is 0 Å². The van der Waals surface area contributed by atoms with Crippen molar-refractivity contribution in [1.82, 2.24) is 0 Å². The lowest BCUT2D eigenvalue weighted by molar-refractivity contribution is -0.0687. The molecule has 0 saturated heterocycles. The Morgan fingerprint density at radius 1 is 1.06 bits per heavy atom. The van der Waals surface area contributed by atoms with Gasteiger partial charge in [-0.1, -0.05) is 6.58 Å². The van der Waals surface area contributed by atoms with Gasteiger partial charge >= 0.3 is 18.1 Å². The summed E-state index contributed by atoms with van der Waals surface area (Å²) in [6.45, 7) is 2.76. The highest BCUT2D eigenvalue weighted by Gasteiger charge is 2.35. The van der Waals surface area contributed by atoms with Gasteiger partial charge in [0.05, 0.1) is 16.7 Å². The molecule has 1 aromatic rings. The highest BCUT2D eigenvalue weighted by atomic mass is 19.4. The zero-order chi connectivity index (χ0) is 14.1. The van der Waals surface area contributed by atoms with Crippen LogP contribution in [0.2, 0.25) is 0 Å². The van der Waals surface area contributed by atoms with Crippen LogP contribution in [-0.2, 0) is 0 Å². The van der Waals surface area contributed by atoms with Gasteiger partial charge in [-0.3, -0.25) is 0 Å². The number of halogens is 3. The predicted molar refractivity (Wildman–Crippen MR) is 55.4 cm³/mol. The first kappa shape index (κ1) is 13.8. The van der Waals surface area contributed by atoms with E-state index >= 15 is 0 Å².